The SMILES string of the molecule is O=C(CCc1ccccc1)N1CCC(C(=O)N(Cc2ccccc2[N+](=O)[O-])CC(F)(F)F)CC1. The van der Waals surface area contributed by atoms with Crippen molar-refractivity contribution in [1.29, 1.82) is 0 Å². The van der Waals surface area contributed by atoms with Gasteiger partial charge in [0.1, 0.15) is 6.54 Å². The van der Waals surface area contributed by atoms with E-state index in [0.29, 0.717) is 17.7 Å². The van der Waals surface area contributed by atoms with Crippen molar-refractivity contribution in [2.24, 2.45) is 5.92 Å². The topological polar surface area (TPSA) is 83.8 Å². The average Bonchev–Trinajstić information content (AvgIpc) is 2.82. The first-order chi connectivity index (χ1) is 16.1. The maximum Gasteiger partial charge on any atom is 0.406 e. The van der Waals surface area contributed by atoms with Gasteiger partial charge in [-0.15, -0.1) is 0 Å². The minimum atomic E-state index is -4.65. The zero-order valence-corrected chi connectivity index (χ0v) is 18.5. The molecule has 2 aromatic rings. The Balaban J connectivity index is 1.61. The highest BCUT2D eigenvalue weighted by Gasteiger charge is 2.37. The van der Waals surface area contributed by atoms with Crippen LogP contribution in [0.5, 0.6) is 0 Å². The van der Waals surface area contributed by atoms with Gasteiger partial charge in [-0.05, 0) is 24.8 Å². The van der Waals surface area contributed by atoms with Crippen LogP contribution >= 0.6 is 0 Å². The number of benzene rings is 2. The number of alkyl halides is 3. The van der Waals surface area contributed by atoms with Crippen molar-refractivity contribution < 1.29 is 27.7 Å². The lowest BCUT2D eigenvalue weighted by Crippen LogP contribution is -2.46. The molecule has 1 fully saturated rings. The monoisotopic (exact) mass is 477 g/mol. The number of likely N-dealkylation sites (tertiary alicyclic amines) is 1. The molecule has 1 aliphatic heterocycles. The maximum absolute atomic E-state index is 13.2. The van der Waals surface area contributed by atoms with Gasteiger partial charge in [-0.1, -0.05) is 48.5 Å². The molecule has 2 amide bonds. The molecule has 3 rings (SSSR count). The zero-order valence-electron chi connectivity index (χ0n) is 18.5. The number of halogens is 3. The molecule has 0 unspecified atom stereocenters. The van der Waals surface area contributed by atoms with E-state index < -0.39 is 36.0 Å². The van der Waals surface area contributed by atoms with Crippen LogP contribution in [0.4, 0.5) is 18.9 Å². The molecule has 34 heavy (non-hydrogen) atoms. The normalized spacial score (nSPS) is 14.6. The van der Waals surface area contributed by atoms with Crippen LogP contribution in [0.2, 0.25) is 0 Å². The predicted octanol–water partition coefficient (Wildman–Crippen LogP) is 4.36. The molecule has 1 heterocycles. The summed E-state index contributed by atoms with van der Waals surface area (Å²) in [6.45, 7) is -1.43. The summed E-state index contributed by atoms with van der Waals surface area (Å²) in [7, 11) is 0. The number of hydrogen-bond donors (Lipinski definition) is 0. The van der Waals surface area contributed by atoms with Gasteiger partial charge in [0.2, 0.25) is 11.8 Å². The lowest BCUT2D eigenvalue weighted by molar-refractivity contribution is -0.385. The van der Waals surface area contributed by atoms with Crippen molar-refractivity contribution in [1.82, 2.24) is 9.80 Å². The molecule has 0 saturated carbocycles. The molecule has 0 radical (unpaired) electrons. The molecule has 0 atom stereocenters. The number of amides is 2. The van der Waals surface area contributed by atoms with Gasteiger partial charge >= 0.3 is 6.18 Å². The second-order valence-electron chi connectivity index (χ2n) is 8.34. The smallest absolute Gasteiger partial charge is 0.343 e. The Morgan fingerprint density at radius 3 is 2.26 bits per heavy atom. The summed E-state index contributed by atoms with van der Waals surface area (Å²) in [6.07, 6.45) is -3.23. The fourth-order valence-electron chi connectivity index (χ4n) is 4.14. The number of piperidine rings is 1. The van der Waals surface area contributed by atoms with E-state index in [0.717, 1.165) is 5.56 Å². The maximum atomic E-state index is 13.2. The molecular formula is C24H26F3N3O4. The molecule has 0 spiro atoms. The molecule has 7 nitrogen and oxygen atoms in total. The number of hydrogen-bond acceptors (Lipinski definition) is 4. The van der Waals surface area contributed by atoms with Crippen LogP contribution in [-0.2, 0) is 22.6 Å². The molecule has 10 heteroatoms. The number of carbonyl (C=O) groups excluding carboxylic acids is 2. The van der Waals surface area contributed by atoms with E-state index >= 15 is 0 Å². The summed E-state index contributed by atoms with van der Waals surface area (Å²) in [4.78, 5) is 38.4. The summed E-state index contributed by atoms with van der Waals surface area (Å²) in [5.74, 6) is -1.43. The molecule has 1 aliphatic rings. The molecular weight excluding hydrogens is 451 g/mol. The Morgan fingerprint density at radius 2 is 1.65 bits per heavy atom. The number of nitro benzene ring substituents is 1. The molecule has 0 N–H and O–H groups in total. The number of rotatable bonds is 8. The van der Waals surface area contributed by atoms with Crippen LogP contribution in [0.1, 0.15) is 30.4 Å². The minimum Gasteiger partial charge on any atom is -0.343 e. The van der Waals surface area contributed by atoms with Gasteiger partial charge in [-0.3, -0.25) is 19.7 Å². The highest BCUT2D eigenvalue weighted by molar-refractivity contribution is 5.80. The van der Waals surface area contributed by atoms with Gasteiger partial charge in [0.15, 0.2) is 0 Å². The van der Waals surface area contributed by atoms with Crippen molar-refractivity contribution in [2.75, 3.05) is 19.6 Å². The van der Waals surface area contributed by atoms with Crippen molar-refractivity contribution in [2.45, 2.75) is 38.4 Å². The van der Waals surface area contributed by atoms with Crippen LogP contribution in [0.3, 0.4) is 0 Å². The third kappa shape index (κ3) is 7.03. The third-order valence-corrected chi connectivity index (χ3v) is 5.90. The minimum absolute atomic E-state index is 0.0404. The zero-order chi connectivity index (χ0) is 24.7. The highest BCUT2D eigenvalue weighted by atomic mass is 19.4. The standard InChI is InChI=1S/C24H26F3N3O4/c25-24(26,27)17-29(16-20-8-4-5-9-21(20)30(33)34)23(32)19-12-14-28(15-13-19)22(31)11-10-18-6-2-1-3-7-18/h1-9,19H,10-17H2. The average molecular weight is 477 g/mol. The van der Waals surface area contributed by atoms with E-state index in [-0.39, 0.29) is 43.1 Å². The van der Waals surface area contributed by atoms with Crippen LogP contribution < -0.4 is 0 Å². The van der Waals surface area contributed by atoms with E-state index in [1.165, 1.54) is 24.3 Å². The predicted molar refractivity (Wildman–Crippen MR) is 119 cm³/mol. The van der Waals surface area contributed by atoms with E-state index in [4.69, 9.17) is 0 Å². The first kappa shape index (κ1) is 25.2. The van der Waals surface area contributed by atoms with Gasteiger partial charge in [-0.25, -0.2) is 0 Å². The molecule has 182 valence electrons. The van der Waals surface area contributed by atoms with Gasteiger partial charge in [0.05, 0.1) is 11.5 Å². The lowest BCUT2D eigenvalue weighted by atomic mass is 9.94. The Hall–Kier alpha value is -3.43. The van der Waals surface area contributed by atoms with Crippen LogP contribution in [0, 0.1) is 16.0 Å². The second-order valence-corrected chi connectivity index (χ2v) is 8.34. The van der Waals surface area contributed by atoms with Crippen molar-refractivity contribution in [3.63, 3.8) is 0 Å². The summed E-state index contributed by atoms with van der Waals surface area (Å²) in [5, 5.41) is 11.2. The Bertz CT molecular complexity index is 1010. The van der Waals surface area contributed by atoms with Gasteiger partial charge in [0.25, 0.3) is 5.69 Å². The van der Waals surface area contributed by atoms with Gasteiger partial charge in [-0.2, -0.15) is 13.2 Å². The van der Waals surface area contributed by atoms with E-state index in [1.54, 1.807) is 4.90 Å². The largest absolute Gasteiger partial charge is 0.406 e. The third-order valence-electron chi connectivity index (χ3n) is 5.90. The quantitative estimate of drug-likeness (QED) is 0.418. The van der Waals surface area contributed by atoms with E-state index in [2.05, 4.69) is 0 Å². The number of para-hydroxylation sites is 1. The fraction of sp³-hybridized carbons (Fsp3) is 0.417. The number of aryl methyl sites for hydroxylation is 1. The number of carbonyl (C=O) groups is 2. The summed E-state index contributed by atoms with van der Waals surface area (Å²) in [6, 6.07) is 15.0. The van der Waals surface area contributed by atoms with Crippen LogP contribution in [0.25, 0.3) is 0 Å². The molecule has 0 aliphatic carbocycles. The Kier molecular flexibility index (Phi) is 8.25. The second kappa shape index (κ2) is 11.1. The van der Waals surface area contributed by atoms with Gasteiger partial charge in [0, 0.05) is 37.1 Å². The number of nitro groups is 1. The lowest BCUT2D eigenvalue weighted by Gasteiger charge is -2.34. The van der Waals surface area contributed by atoms with Crippen molar-refractivity contribution in [3.8, 4) is 0 Å². The van der Waals surface area contributed by atoms with Crippen molar-refractivity contribution in [3.05, 3.63) is 75.8 Å². The van der Waals surface area contributed by atoms with Crippen LogP contribution in [0.15, 0.2) is 54.6 Å². The molecule has 0 aromatic heterocycles. The fourth-order valence-corrected chi connectivity index (χ4v) is 4.14. The Morgan fingerprint density at radius 1 is 1.03 bits per heavy atom. The molecule has 2 aromatic carbocycles. The first-order valence-electron chi connectivity index (χ1n) is 11.0. The summed E-state index contributed by atoms with van der Waals surface area (Å²) >= 11 is 0. The molecule has 1 saturated heterocycles. The van der Waals surface area contributed by atoms with Crippen molar-refractivity contribution >= 4 is 17.5 Å². The first-order valence-corrected chi connectivity index (χ1v) is 11.0. The van der Waals surface area contributed by atoms with Gasteiger partial charge < -0.3 is 9.80 Å². The van der Waals surface area contributed by atoms with E-state index in [1.807, 2.05) is 30.3 Å². The Labute approximate surface area is 195 Å². The molecule has 0 bridgehead atoms. The van der Waals surface area contributed by atoms with E-state index in [9.17, 15) is 32.9 Å². The summed E-state index contributed by atoms with van der Waals surface area (Å²) in [5.41, 5.74) is 0.749. The number of nitrogens with zero attached hydrogens (tertiary/aromatic N) is 3. The summed E-state index contributed by atoms with van der Waals surface area (Å²) < 4.78 is 39.6. The van der Waals surface area contributed by atoms with Crippen LogP contribution in [-0.4, -0.2) is 52.3 Å². The highest BCUT2D eigenvalue weighted by Crippen LogP contribution is 2.27.